The van der Waals surface area contributed by atoms with E-state index >= 15 is 0 Å². The van der Waals surface area contributed by atoms with Crippen LogP contribution in [-0.2, 0) is 0 Å². The van der Waals surface area contributed by atoms with Crippen molar-refractivity contribution in [2.75, 3.05) is 13.2 Å². The van der Waals surface area contributed by atoms with Crippen LogP contribution in [0.2, 0.25) is 8.67 Å². The van der Waals surface area contributed by atoms with Crippen molar-refractivity contribution in [3.05, 3.63) is 44.1 Å². The normalized spacial score (nSPS) is 10.5. The number of thiophene rings is 1. The van der Waals surface area contributed by atoms with Gasteiger partial charge in [-0.25, -0.2) is 0 Å². The van der Waals surface area contributed by atoms with Crippen LogP contribution in [0.4, 0.5) is 0 Å². The van der Waals surface area contributed by atoms with Gasteiger partial charge in [0.15, 0.2) is 17.3 Å². The van der Waals surface area contributed by atoms with Gasteiger partial charge in [0, 0.05) is 5.56 Å². The molecule has 0 saturated carbocycles. The highest BCUT2D eigenvalue weighted by atomic mass is 35.5. The van der Waals surface area contributed by atoms with Crippen LogP contribution in [0.25, 0.3) is 0 Å². The van der Waals surface area contributed by atoms with Gasteiger partial charge in [-0.1, -0.05) is 23.2 Å². The third-order valence-corrected chi connectivity index (χ3v) is 4.19. The maximum atomic E-state index is 12.5. The molecule has 0 aliphatic heterocycles. The Kier molecular flexibility index (Phi) is 5.51. The summed E-state index contributed by atoms with van der Waals surface area (Å²) in [5.74, 6) is 0.972. The summed E-state index contributed by atoms with van der Waals surface area (Å²) in [7, 11) is 0. The Hall–Kier alpha value is -1.23. The molecule has 0 aliphatic rings. The molecule has 2 aromatic rings. The number of carbonyl (C=O) groups is 1. The van der Waals surface area contributed by atoms with Crippen molar-refractivity contribution < 1.29 is 14.3 Å². The fourth-order valence-electron chi connectivity index (χ4n) is 1.84. The second-order valence-corrected chi connectivity index (χ2v) is 6.38. The summed E-state index contributed by atoms with van der Waals surface area (Å²) in [4.78, 5) is 12.5. The molecule has 0 atom stereocenters. The van der Waals surface area contributed by atoms with Gasteiger partial charge >= 0.3 is 0 Å². The minimum atomic E-state index is -0.188. The highest BCUT2D eigenvalue weighted by molar-refractivity contribution is 7.20. The molecule has 112 valence electrons. The van der Waals surface area contributed by atoms with E-state index in [9.17, 15) is 4.79 Å². The van der Waals surface area contributed by atoms with Crippen molar-refractivity contribution in [2.45, 2.75) is 13.8 Å². The van der Waals surface area contributed by atoms with E-state index in [-0.39, 0.29) is 5.78 Å². The first-order valence-electron chi connectivity index (χ1n) is 6.46. The number of benzene rings is 1. The molecule has 1 heterocycles. The Labute approximate surface area is 137 Å². The van der Waals surface area contributed by atoms with Crippen LogP contribution in [-0.4, -0.2) is 19.0 Å². The second kappa shape index (κ2) is 7.16. The lowest BCUT2D eigenvalue weighted by molar-refractivity contribution is 0.103. The molecule has 21 heavy (non-hydrogen) atoms. The average molecular weight is 345 g/mol. The number of hydrogen-bond acceptors (Lipinski definition) is 4. The van der Waals surface area contributed by atoms with E-state index < -0.39 is 0 Å². The van der Waals surface area contributed by atoms with Gasteiger partial charge in [-0.05, 0) is 38.1 Å². The van der Waals surface area contributed by atoms with Crippen LogP contribution in [0, 0.1) is 0 Å². The quantitative estimate of drug-likeness (QED) is 0.685. The highest BCUT2D eigenvalue weighted by Crippen LogP contribution is 2.34. The van der Waals surface area contributed by atoms with Crippen molar-refractivity contribution >= 4 is 40.3 Å². The van der Waals surface area contributed by atoms with Gasteiger partial charge in [0.05, 0.1) is 23.1 Å². The topological polar surface area (TPSA) is 35.5 Å². The molecule has 0 bridgehead atoms. The Bertz CT molecular complexity index is 652. The zero-order valence-electron chi connectivity index (χ0n) is 11.6. The molecule has 0 amide bonds. The van der Waals surface area contributed by atoms with Crippen molar-refractivity contribution in [1.29, 1.82) is 0 Å². The first-order chi connectivity index (χ1) is 10.1. The molecule has 1 aromatic carbocycles. The molecule has 0 unspecified atom stereocenters. The van der Waals surface area contributed by atoms with Gasteiger partial charge in [0.2, 0.25) is 0 Å². The zero-order chi connectivity index (χ0) is 15.4. The molecule has 0 N–H and O–H groups in total. The van der Waals surface area contributed by atoms with E-state index in [4.69, 9.17) is 32.7 Å². The van der Waals surface area contributed by atoms with Crippen LogP contribution in [0.3, 0.4) is 0 Å². The number of halogens is 2. The smallest absolute Gasteiger partial charge is 0.195 e. The summed E-state index contributed by atoms with van der Waals surface area (Å²) >= 11 is 13.1. The van der Waals surface area contributed by atoms with E-state index in [1.807, 2.05) is 13.8 Å². The van der Waals surface area contributed by atoms with Gasteiger partial charge < -0.3 is 9.47 Å². The van der Waals surface area contributed by atoms with E-state index in [0.717, 1.165) is 0 Å². The molecule has 0 saturated heterocycles. The summed E-state index contributed by atoms with van der Waals surface area (Å²) in [6, 6.07) is 6.66. The summed E-state index contributed by atoms with van der Waals surface area (Å²) in [6.45, 7) is 4.78. The van der Waals surface area contributed by atoms with Crippen LogP contribution in [0.15, 0.2) is 24.3 Å². The highest BCUT2D eigenvalue weighted by Gasteiger charge is 2.18. The van der Waals surface area contributed by atoms with Gasteiger partial charge in [-0.2, -0.15) is 0 Å². The molecule has 3 nitrogen and oxygen atoms in total. The first kappa shape index (κ1) is 16.1. The lowest BCUT2D eigenvalue weighted by Crippen LogP contribution is -2.03. The first-order valence-corrected chi connectivity index (χ1v) is 8.03. The number of rotatable bonds is 6. The minimum Gasteiger partial charge on any atom is -0.490 e. The van der Waals surface area contributed by atoms with Gasteiger partial charge in [0.25, 0.3) is 0 Å². The molecule has 0 radical (unpaired) electrons. The summed E-state index contributed by atoms with van der Waals surface area (Å²) in [5.41, 5.74) is 0.886. The van der Waals surface area contributed by atoms with E-state index in [2.05, 4.69) is 0 Å². The van der Waals surface area contributed by atoms with E-state index in [1.54, 1.807) is 24.3 Å². The second-order valence-electron chi connectivity index (χ2n) is 4.09. The average Bonchev–Trinajstić information content (AvgIpc) is 2.79. The Morgan fingerprint density at radius 1 is 1.10 bits per heavy atom. The minimum absolute atomic E-state index is 0.188. The number of ketones is 1. The summed E-state index contributed by atoms with van der Waals surface area (Å²) in [6.07, 6.45) is 0. The maximum absolute atomic E-state index is 12.5. The lowest BCUT2D eigenvalue weighted by atomic mass is 10.1. The molecule has 1 aromatic heterocycles. The number of ether oxygens (including phenoxy) is 2. The maximum Gasteiger partial charge on any atom is 0.195 e. The van der Waals surface area contributed by atoms with Crippen molar-refractivity contribution in [3.63, 3.8) is 0 Å². The number of carbonyl (C=O) groups excluding carboxylic acids is 1. The van der Waals surface area contributed by atoms with Crippen LogP contribution in [0.1, 0.15) is 29.8 Å². The molecule has 0 aliphatic carbocycles. The molecule has 0 spiro atoms. The molecule has 2 rings (SSSR count). The van der Waals surface area contributed by atoms with Crippen molar-refractivity contribution in [3.8, 4) is 11.5 Å². The van der Waals surface area contributed by atoms with Crippen molar-refractivity contribution in [1.82, 2.24) is 0 Å². The van der Waals surface area contributed by atoms with E-state index in [0.29, 0.717) is 44.5 Å². The lowest BCUT2D eigenvalue weighted by Gasteiger charge is -2.11. The summed E-state index contributed by atoms with van der Waals surface area (Å²) in [5, 5.41) is 0. The van der Waals surface area contributed by atoms with Gasteiger partial charge in [0.1, 0.15) is 4.34 Å². The predicted molar refractivity (Wildman–Crippen MR) is 86.6 cm³/mol. The standard InChI is InChI=1S/C15H14Cl2O3S/c1-3-19-11-6-5-9(7-12(11)20-4-2)14(18)10-8-13(16)21-15(10)17/h5-8H,3-4H2,1-2H3. The molecular weight excluding hydrogens is 331 g/mol. The van der Waals surface area contributed by atoms with Gasteiger partial charge in [-0.3, -0.25) is 4.79 Å². The molecule has 0 fully saturated rings. The third kappa shape index (κ3) is 3.70. The Morgan fingerprint density at radius 3 is 2.33 bits per heavy atom. The van der Waals surface area contributed by atoms with Crippen LogP contribution < -0.4 is 9.47 Å². The van der Waals surface area contributed by atoms with Gasteiger partial charge in [-0.15, -0.1) is 11.3 Å². The number of hydrogen-bond donors (Lipinski definition) is 0. The monoisotopic (exact) mass is 344 g/mol. The van der Waals surface area contributed by atoms with Crippen molar-refractivity contribution in [2.24, 2.45) is 0 Å². The molecular formula is C15H14Cl2O3S. The van der Waals surface area contributed by atoms with E-state index in [1.165, 1.54) is 11.3 Å². The fourth-order valence-corrected chi connectivity index (χ4v) is 3.30. The van der Waals surface area contributed by atoms with Crippen LogP contribution >= 0.6 is 34.5 Å². The Morgan fingerprint density at radius 2 is 1.76 bits per heavy atom. The SMILES string of the molecule is CCOc1ccc(C(=O)c2cc(Cl)sc2Cl)cc1OCC. The zero-order valence-corrected chi connectivity index (χ0v) is 13.9. The third-order valence-electron chi connectivity index (χ3n) is 2.71. The summed E-state index contributed by atoms with van der Waals surface area (Å²) < 4.78 is 11.9. The Balaban J connectivity index is 2.37. The molecule has 6 heteroatoms. The van der Waals surface area contributed by atoms with Crippen LogP contribution in [0.5, 0.6) is 11.5 Å². The predicted octanol–water partition coefficient (Wildman–Crippen LogP) is 5.08. The largest absolute Gasteiger partial charge is 0.490 e. The fraction of sp³-hybridized carbons (Fsp3) is 0.267.